The number of anilines is 3. The predicted molar refractivity (Wildman–Crippen MR) is 122 cm³/mol. The molecule has 0 bridgehead atoms. The third kappa shape index (κ3) is 6.64. The lowest BCUT2D eigenvalue weighted by Crippen LogP contribution is -2.36. The Balaban J connectivity index is 1.46. The first-order chi connectivity index (χ1) is 15.3. The second kappa shape index (κ2) is 10.9. The lowest BCUT2D eigenvalue weighted by atomic mass is 10.2. The number of amides is 2. The topological polar surface area (TPSA) is 117 Å². The number of hydrogen-bond acceptors (Lipinski definition) is 7. The first kappa shape index (κ1) is 23.5. The molecule has 1 aliphatic heterocycles. The molecule has 0 aromatic heterocycles. The van der Waals surface area contributed by atoms with E-state index in [-0.39, 0.29) is 35.4 Å². The molecule has 1 fully saturated rings. The van der Waals surface area contributed by atoms with Gasteiger partial charge in [-0.25, -0.2) is 0 Å². The van der Waals surface area contributed by atoms with E-state index in [2.05, 4.69) is 15.5 Å². The van der Waals surface area contributed by atoms with Gasteiger partial charge in [0, 0.05) is 36.2 Å². The van der Waals surface area contributed by atoms with E-state index in [0.717, 1.165) is 18.8 Å². The van der Waals surface area contributed by atoms with Gasteiger partial charge in [-0.3, -0.25) is 24.6 Å². The van der Waals surface area contributed by atoms with Crippen molar-refractivity contribution in [3.63, 3.8) is 0 Å². The Morgan fingerprint density at radius 3 is 2.22 bits per heavy atom. The molecule has 10 nitrogen and oxygen atoms in total. The molecule has 3 rings (SSSR count). The van der Waals surface area contributed by atoms with Crippen LogP contribution in [0.2, 0.25) is 5.02 Å². The van der Waals surface area contributed by atoms with E-state index in [1.54, 1.807) is 7.05 Å². The molecule has 0 saturated carbocycles. The van der Waals surface area contributed by atoms with Gasteiger partial charge in [-0.1, -0.05) is 11.6 Å². The van der Waals surface area contributed by atoms with Crippen LogP contribution in [-0.4, -0.2) is 68.1 Å². The predicted octanol–water partition coefficient (Wildman–Crippen LogP) is 2.59. The number of likely N-dealkylation sites (N-methyl/N-ethyl adjacent to an activating group) is 1. The van der Waals surface area contributed by atoms with Gasteiger partial charge >= 0.3 is 0 Å². The minimum absolute atomic E-state index is 0.000594. The van der Waals surface area contributed by atoms with Gasteiger partial charge < -0.3 is 20.3 Å². The van der Waals surface area contributed by atoms with Crippen molar-refractivity contribution in [2.45, 2.75) is 0 Å². The average Bonchev–Trinajstić information content (AvgIpc) is 2.75. The fraction of sp³-hybridized carbons (Fsp3) is 0.333. The number of ether oxygens (including phenoxy) is 1. The number of rotatable bonds is 8. The Bertz CT molecular complexity index is 979. The Labute approximate surface area is 190 Å². The summed E-state index contributed by atoms with van der Waals surface area (Å²) in [7, 11) is 1.63. The van der Waals surface area contributed by atoms with E-state index in [1.807, 2.05) is 24.3 Å². The maximum Gasteiger partial charge on any atom is 0.289 e. The first-order valence-corrected chi connectivity index (χ1v) is 10.3. The van der Waals surface area contributed by atoms with Crippen molar-refractivity contribution in [2.24, 2.45) is 0 Å². The highest BCUT2D eigenvalue weighted by Crippen LogP contribution is 2.27. The Kier molecular flexibility index (Phi) is 7.98. The van der Waals surface area contributed by atoms with Crippen LogP contribution in [0.3, 0.4) is 0 Å². The van der Waals surface area contributed by atoms with Crippen LogP contribution in [0.15, 0.2) is 42.5 Å². The Morgan fingerprint density at radius 2 is 1.62 bits per heavy atom. The molecule has 32 heavy (non-hydrogen) atoms. The molecule has 2 amide bonds. The summed E-state index contributed by atoms with van der Waals surface area (Å²) in [5.74, 6) is -0.673. The molecular weight excluding hydrogens is 438 g/mol. The van der Waals surface area contributed by atoms with Crippen LogP contribution in [0.4, 0.5) is 22.7 Å². The van der Waals surface area contributed by atoms with E-state index in [0.29, 0.717) is 18.9 Å². The van der Waals surface area contributed by atoms with Crippen molar-refractivity contribution in [1.29, 1.82) is 0 Å². The summed E-state index contributed by atoms with van der Waals surface area (Å²) >= 11 is 5.77. The number of carbonyl (C=O) groups is 2. The van der Waals surface area contributed by atoms with E-state index < -0.39 is 10.8 Å². The van der Waals surface area contributed by atoms with Crippen molar-refractivity contribution in [2.75, 3.05) is 62.0 Å². The molecule has 0 atom stereocenters. The van der Waals surface area contributed by atoms with Gasteiger partial charge in [0.1, 0.15) is 5.02 Å². The van der Waals surface area contributed by atoms with Gasteiger partial charge in [0.15, 0.2) is 0 Å². The van der Waals surface area contributed by atoms with Crippen molar-refractivity contribution >= 4 is 46.2 Å². The van der Waals surface area contributed by atoms with Crippen LogP contribution in [0.25, 0.3) is 0 Å². The molecule has 170 valence electrons. The number of halogens is 1. The largest absolute Gasteiger partial charge is 0.378 e. The van der Waals surface area contributed by atoms with Gasteiger partial charge in [0.25, 0.3) is 5.69 Å². The maximum absolute atomic E-state index is 12.3. The van der Waals surface area contributed by atoms with Gasteiger partial charge in [0.2, 0.25) is 11.8 Å². The molecule has 1 saturated heterocycles. The molecule has 0 unspecified atom stereocenters. The smallest absolute Gasteiger partial charge is 0.289 e. The Morgan fingerprint density at radius 1 is 1.06 bits per heavy atom. The minimum atomic E-state index is -0.623. The highest BCUT2D eigenvalue weighted by Gasteiger charge is 2.16. The minimum Gasteiger partial charge on any atom is -0.378 e. The van der Waals surface area contributed by atoms with Crippen molar-refractivity contribution < 1.29 is 19.2 Å². The number of nitrogens with one attached hydrogen (secondary N) is 2. The van der Waals surface area contributed by atoms with Crippen LogP contribution < -0.4 is 15.5 Å². The van der Waals surface area contributed by atoms with Crippen molar-refractivity contribution in [1.82, 2.24) is 4.90 Å². The SMILES string of the molecule is CN(CC(=O)Nc1ccc(N2CCOCC2)cc1)CC(=O)Nc1ccc(Cl)c([N+](=O)[O-])c1. The van der Waals surface area contributed by atoms with Crippen LogP contribution in [0, 0.1) is 10.1 Å². The van der Waals surface area contributed by atoms with E-state index in [9.17, 15) is 19.7 Å². The van der Waals surface area contributed by atoms with E-state index in [4.69, 9.17) is 16.3 Å². The third-order valence-corrected chi connectivity index (χ3v) is 5.10. The number of carbonyl (C=O) groups excluding carboxylic acids is 2. The van der Waals surface area contributed by atoms with Crippen molar-refractivity contribution in [3.05, 3.63) is 57.6 Å². The Hall–Kier alpha value is -3.21. The fourth-order valence-corrected chi connectivity index (χ4v) is 3.44. The molecule has 1 heterocycles. The summed E-state index contributed by atoms with van der Waals surface area (Å²) in [4.78, 5) is 38.6. The third-order valence-electron chi connectivity index (χ3n) is 4.78. The van der Waals surface area contributed by atoms with Crippen LogP contribution in [-0.2, 0) is 14.3 Å². The molecule has 0 radical (unpaired) electrons. The van der Waals surface area contributed by atoms with Crippen molar-refractivity contribution in [3.8, 4) is 0 Å². The zero-order valence-electron chi connectivity index (χ0n) is 17.5. The molecule has 0 aliphatic carbocycles. The number of nitro benzene ring substituents is 1. The number of hydrogen-bond donors (Lipinski definition) is 2. The van der Waals surface area contributed by atoms with Crippen LogP contribution in [0.5, 0.6) is 0 Å². The molecule has 1 aliphatic rings. The van der Waals surface area contributed by atoms with Gasteiger partial charge in [-0.2, -0.15) is 0 Å². The summed E-state index contributed by atoms with van der Waals surface area (Å²) in [6.07, 6.45) is 0. The summed E-state index contributed by atoms with van der Waals surface area (Å²) in [5, 5.41) is 16.3. The molecular formula is C21H24ClN5O5. The van der Waals surface area contributed by atoms with E-state index in [1.165, 1.54) is 23.1 Å². The van der Waals surface area contributed by atoms with Gasteiger partial charge in [0.05, 0.1) is 31.2 Å². The highest BCUT2D eigenvalue weighted by atomic mass is 35.5. The molecule has 2 aromatic carbocycles. The highest BCUT2D eigenvalue weighted by molar-refractivity contribution is 6.32. The fourth-order valence-electron chi connectivity index (χ4n) is 3.25. The second-order valence-electron chi connectivity index (χ2n) is 7.34. The standard InChI is InChI=1S/C21H24ClN5O5/c1-25(14-21(29)24-16-4-7-18(22)19(12-16)27(30)31)13-20(28)23-15-2-5-17(6-3-15)26-8-10-32-11-9-26/h2-7,12H,8-11,13-14H2,1H3,(H,23,28)(H,24,29). The van der Waals surface area contributed by atoms with E-state index >= 15 is 0 Å². The summed E-state index contributed by atoms with van der Waals surface area (Å²) < 4.78 is 5.35. The zero-order chi connectivity index (χ0) is 23.1. The molecule has 0 spiro atoms. The average molecular weight is 462 g/mol. The number of benzene rings is 2. The van der Waals surface area contributed by atoms with Crippen LogP contribution >= 0.6 is 11.6 Å². The lowest BCUT2D eigenvalue weighted by molar-refractivity contribution is -0.384. The molecule has 11 heteroatoms. The number of nitro groups is 1. The van der Waals surface area contributed by atoms with Gasteiger partial charge in [-0.15, -0.1) is 0 Å². The second-order valence-corrected chi connectivity index (χ2v) is 7.75. The zero-order valence-corrected chi connectivity index (χ0v) is 18.3. The number of morpholine rings is 1. The lowest BCUT2D eigenvalue weighted by Gasteiger charge is -2.28. The van der Waals surface area contributed by atoms with Gasteiger partial charge in [-0.05, 0) is 43.4 Å². The first-order valence-electron chi connectivity index (χ1n) is 9.97. The quantitative estimate of drug-likeness (QED) is 0.458. The summed E-state index contributed by atoms with van der Waals surface area (Å²) in [5.41, 5.74) is 1.70. The molecule has 2 aromatic rings. The maximum atomic E-state index is 12.3. The summed E-state index contributed by atoms with van der Waals surface area (Å²) in [6, 6.07) is 11.6. The normalized spacial score (nSPS) is 13.7. The number of nitrogens with zero attached hydrogens (tertiary/aromatic N) is 3. The van der Waals surface area contributed by atoms with Crippen LogP contribution in [0.1, 0.15) is 0 Å². The summed E-state index contributed by atoms with van der Waals surface area (Å²) in [6.45, 7) is 3.00. The monoisotopic (exact) mass is 461 g/mol. The molecule has 2 N–H and O–H groups in total.